The molecule has 0 amide bonds. The zero-order chi connectivity index (χ0) is 12.3. The van der Waals surface area contributed by atoms with Crippen LogP contribution >= 0.6 is 23.1 Å². The van der Waals surface area contributed by atoms with Crippen LogP contribution in [-0.4, -0.2) is 11.1 Å². The van der Waals surface area contributed by atoms with Gasteiger partial charge in [-0.1, -0.05) is 0 Å². The number of thioether (sulfide) groups is 1. The summed E-state index contributed by atoms with van der Waals surface area (Å²) in [5, 5.41) is 10.7. The second-order valence-electron chi connectivity index (χ2n) is 3.32. The molecule has 0 spiro atoms. The first-order chi connectivity index (χ1) is 8.16. The summed E-state index contributed by atoms with van der Waals surface area (Å²) in [7, 11) is 0. The quantitative estimate of drug-likeness (QED) is 0.855. The minimum Gasteiger partial charge on any atom is -0.477 e. The SMILES string of the molecule is O=C(O)c1sccc1CSc1ccc(F)cc1. The monoisotopic (exact) mass is 268 g/mol. The Labute approximate surface area is 106 Å². The molecule has 0 saturated carbocycles. The van der Waals surface area contributed by atoms with E-state index in [1.54, 1.807) is 17.5 Å². The Balaban J connectivity index is 2.05. The third kappa shape index (κ3) is 3.08. The van der Waals surface area contributed by atoms with Crippen LogP contribution < -0.4 is 0 Å². The average molecular weight is 268 g/mol. The standard InChI is InChI=1S/C12H9FO2S2/c13-9-1-3-10(4-2-9)17-7-8-5-6-16-11(8)12(14)15/h1-6H,7H2,(H,14,15). The highest BCUT2D eigenvalue weighted by molar-refractivity contribution is 7.98. The lowest BCUT2D eigenvalue weighted by Crippen LogP contribution is -1.96. The maximum Gasteiger partial charge on any atom is 0.346 e. The zero-order valence-electron chi connectivity index (χ0n) is 8.72. The molecular formula is C12H9FO2S2. The van der Waals surface area contributed by atoms with Gasteiger partial charge in [-0.25, -0.2) is 9.18 Å². The van der Waals surface area contributed by atoms with Crippen LogP contribution in [0, 0.1) is 5.82 Å². The Kier molecular flexibility index (Phi) is 3.81. The lowest BCUT2D eigenvalue weighted by molar-refractivity contribution is 0.0701. The Morgan fingerprint density at radius 2 is 2.00 bits per heavy atom. The molecule has 2 nitrogen and oxygen atoms in total. The van der Waals surface area contributed by atoms with Gasteiger partial charge >= 0.3 is 5.97 Å². The molecule has 2 aromatic rings. The van der Waals surface area contributed by atoms with Gasteiger partial charge in [-0.05, 0) is 41.3 Å². The van der Waals surface area contributed by atoms with Crippen LogP contribution in [0.1, 0.15) is 15.2 Å². The molecule has 0 unspecified atom stereocenters. The summed E-state index contributed by atoms with van der Waals surface area (Å²) >= 11 is 2.72. The van der Waals surface area contributed by atoms with Gasteiger partial charge in [-0.15, -0.1) is 23.1 Å². The molecule has 1 aromatic heterocycles. The van der Waals surface area contributed by atoms with Gasteiger partial charge in [0.25, 0.3) is 0 Å². The molecule has 5 heteroatoms. The molecule has 0 bridgehead atoms. The van der Waals surface area contributed by atoms with Crippen molar-refractivity contribution in [2.24, 2.45) is 0 Å². The Morgan fingerprint density at radius 3 is 2.65 bits per heavy atom. The minimum absolute atomic E-state index is 0.267. The predicted octanol–water partition coefficient (Wildman–Crippen LogP) is 3.88. The molecule has 1 aromatic carbocycles. The van der Waals surface area contributed by atoms with Gasteiger partial charge in [0.05, 0.1) is 0 Å². The summed E-state index contributed by atoms with van der Waals surface area (Å²) in [4.78, 5) is 12.2. The highest BCUT2D eigenvalue weighted by atomic mass is 32.2. The fourth-order valence-electron chi connectivity index (χ4n) is 1.33. The molecule has 0 atom stereocenters. The predicted molar refractivity (Wildman–Crippen MR) is 67.2 cm³/mol. The van der Waals surface area contributed by atoms with E-state index in [2.05, 4.69) is 0 Å². The number of aromatic carboxylic acids is 1. The number of benzene rings is 1. The fourth-order valence-corrected chi connectivity index (χ4v) is 3.07. The number of thiophene rings is 1. The summed E-state index contributed by atoms with van der Waals surface area (Å²) in [5.41, 5.74) is 0.803. The molecule has 2 rings (SSSR count). The third-order valence-corrected chi connectivity index (χ3v) is 4.15. The molecule has 88 valence electrons. The van der Waals surface area contributed by atoms with E-state index in [0.29, 0.717) is 10.6 Å². The van der Waals surface area contributed by atoms with E-state index < -0.39 is 5.97 Å². The van der Waals surface area contributed by atoms with Crippen molar-refractivity contribution >= 4 is 29.1 Å². The molecule has 0 saturated heterocycles. The number of carboxylic acid groups (broad SMARTS) is 1. The molecule has 0 aliphatic heterocycles. The van der Waals surface area contributed by atoms with E-state index in [4.69, 9.17) is 5.11 Å². The Bertz CT molecular complexity index is 520. The summed E-state index contributed by atoms with van der Waals surface area (Å²) in [6.45, 7) is 0. The van der Waals surface area contributed by atoms with Gasteiger partial charge in [0.2, 0.25) is 0 Å². The Morgan fingerprint density at radius 1 is 1.29 bits per heavy atom. The van der Waals surface area contributed by atoms with E-state index in [0.717, 1.165) is 10.5 Å². The van der Waals surface area contributed by atoms with Crippen molar-refractivity contribution in [1.29, 1.82) is 0 Å². The molecule has 1 N–H and O–H groups in total. The van der Waals surface area contributed by atoms with Crippen molar-refractivity contribution in [3.63, 3.8) is 0 Å². The van der Waals surface area contributed by atoms with Crippen molar-refractivity contribution in [3.8, 4) is 0 Å². The largest absolute Gasteiger partial charge is 0.477 e. The van der Waals surface area contributed by atoms with Crippen LogP contribution in [0.15, 0.2) is 40.6 Å². The van der Waals surface area contributed by atoms with Gasteiger partial charge in [-0.3, -0.25) is 0 Å². The highest BCUT2D eigenvalue weighted by Crippen LogP contribution is 2.27. The van der Waals surface area contributed by atoms with E-state index in [1.807, 2.05) is 6.07 Å². The maximum atomic E-state index is 12.7. The minimum atomic E-state index is -0.894. The molecule has 0 radical (unpaired) electrons. The first-order valence-corrected chi connectivity index (χ1v) is 6.71. The Hall–Kier alpha value is -1.33. The van der Waals surface area contributed by atoms with Crippen LogP contribution in [0.5, 0.6) is 0 Å². The van der Waals surface area contributed by atoms with Gasteiger partial charge in [0.1, 0.15) is 10.7 Å². The smallest absolute Gasteiger partial charge is 0.346 e. The van der Waals surface area contributed by atoms with Crippen molar-refractivity contribution in [2.75, 3.05) is 0 Å². The highest BCUT2D eigenvalue weighted by Gasteiger charge is 2.11. The second kappa shape index (κ2) is 5.33. The van der Waals surface area contributed by atoms with Crippen LogP contribution in [0.2, 0.25) is 0 Å². The zero-order valence-corrected chi connectivity index (χ0v) is 10.4. The topological polar surface area (TPSA) is 37.3 Å². The summed E-state index contributed by atoms with van der Waals surface area (Å²) in [6, 6.07) is 7.98. The van der Waals surface area contributed by atoms with Crippen LogP contribution in [0.25, 0.3) is 0 Å². The maximum absolute atomic E-state index is 12.7. The van der Waals surface area contributed by atoms with Crippen molar-refractivity contribution in [2.45, 2.75) is 10.6 Å². The van der Waals surface area contributed by atoms with Crippen LogP contribution in [-0.2, 0) is 5.75 Å². The van der Waals surface area contributed by atoms with Crippen LogP contribution in [0.4, 0.5) is 4.39 Å². The first-order valence-electron chi connectivity index (χ1n) is 4.85. The average Bonchev–Trinajstić information content (AvgIpc) is 2.76. The molecular weight excluding hydrogens is 259 g/mol. The molecule has 0 aliphatic carbocycles. The molecule has 0 fully saturated rings. The number of halogens is 1. The number of hydrogen-bond acceptors (Lipinski definition) is 3. The summed E-state index contributed by atoms with van der Waals surface area (Å²) in [5.74, 6) is -0.581. The van der Waals surface area contributed by atoms with Crippen LogP contribution in [0.3, 0.4) is 0 Å². The molecule has 0 aliphatic rings. The lowest BCUT2D eigenvalue weighted by atomic mass is 10.3. The van der Waals surface area contributed by atoms with E-state index >= 15 is 0 Å². The molecule has 17 heavy (non-hydrogen) atoms. The summed E-state index contributed by atoms with van der Waals surface area (Å²) in [6.07, 6.45) is 0. The number of carboxylic acids is 1. The fraction of sp³-hybridized carbons (Fsp3) is 0.0833. The van der Waals surface area contributed by atoms with Gasteiger partial charge < -0.3 is 5.11 Å². The number of carbonyl (C=O) groups is 1. The summed E-state index contributed by atoms with van der Waals surface area (Å²) < 4.78 is 12.7. The van der Waals surface area contributed by atoms with Gasteiger partial charge in [0, 0.05) is 10.6 Å². The second-order valence-corrected chi connectivity index (χ2v) is 5.29. The van der Waals surface area contributed by atoms with E-state index in [-0.39, 0.29) is 5.82 Å². The number of rotatable bonds is 4. The molecule has 1 heterocycles. The lowest BCUT2D eigenvalue weighted by Gasteiger charge is -2.01. The van der Waals surface area contributed by atoms with E-state index in [9.17, 15) is 9.18 Å². The van der Waals surface area contributed by atoms with Crippen molar-refractivity contribution < 1.29 is 14.3 Å². The van der Waals surface area contributed by atoms with Gasteiger partial charge in [0.15, 0.2) is 0 Å². The van der Waals surface area contributed by atoms with E-state index in [1.165, 1.54) is 35.2 Å². The van der Waals surface area contributed by atoms with Crippen molar-refractivity contribution in [3.05, 3.63) is 52.0 Å². The number of hydrogen-bond donors (Lipinski definition) is 1. The van der Waals surface area contributed by atoms with Crippen molar-refractivity contribution in [1.82, 2.24) is 0 Å². The third-order valence-electron chi connectivity index (χ3n) is 2.15. The van der Waals surface area contributed by atoms with Gasteiger partial charge in [-0.2, -0.15) is 0 Å². The first kappa shape index (κ1) is 12.1. The normalized spacial score (nSPS) is 10.4.